The van der Waals surface area contributed by atoms with E-state index < -0.39 is 5.97 Å². The number of carbonyl (C=O) groups excluding carboxylic acids is 1. The van der Waals surface area contributed by atoms with E-state index >= 15 is 0 Å². The molecule has 0 N–H and O–H groups in total. The number of carbonyl (C=O) groups is 1. The number of fused-ring (bicyclic) bond motifs is 1. The summed E-state index contributed by atoms with van der Waals surface area (Å²) in [5, 5.41) is 0.490. The number of aromatic nitrogens is 2. The van der Waals surface area contributed by atoms with E-state index in [1.54, 1.807) is 42.6 Å². The Labute approximate surface area is 155 Å². The molecule has 0 radical (unpaired) electrons. The third kappa shape index (κ3) is 3.41. The van der Waals surface area contributed by atoms with Crippen LogP contribution in [0.2, 0.25) is 5.02 Å². The van der Waals surface area contributed by atoms with Gasteiger partial charge in [0.2, 0.25) is 0 Å². The molecule has 0 atom stereocenters. The molecular weight excluding hydrogens is 348 g/mol. The van der Waals surface area contributed by atoms with Gasteiger partial charge in [0, 0.05) is 10.6 Å². The van der Waals surface area contributed by atoms with Crippen molar-refractivity contribution in [3.63, 3.8) is 0 Å². The molecule has 126 valence electrons. The monoisotopic (exact) mass is 360 g/mol. The lowest BCUT2D eigenvalue weighted by atomic mass is 10.1. The molecule has 4 aromatic rings. The summed E-state index contributed by atoms with van der Waals surface area (Å²) in [7, 11) is 0. The van der Waals surface area contributed by atoms with E-state index in [2.05, 4.69) is 9.97 Å². The number of benzene rings is 3. The van der Waals surface area contributed by atoms with Gasteiger partial charge in [-0.1, -0.05) is 29.8 Å². The summed E-state index contributed by atoms with van der Waals surface area (Å²) in [4.78, 5) is 21.2. The van der Waals surface area contributed by atoms with Crippen LogP contribution in [0.15, 0.2) is 79.0 Å². The normalized spacial score (nSPS) is 10.7. The van der Waals surface area contributed by atoms with Crippen molar-refractivity contribution in [3.8, 4) is 17.0 Å². The number of rotatable bonds is 3. The molecule has 0 bridgehead atoms. The SMILES string of the molecule is O=C(Oc1ccc(-c2cnc3ccccc3n2)cc1)c1cccc(Cl)c1. The zero-order valence-electron chi connectivity index (χ0n) is 13.6. The molecule has 5 heteroatoms. The van der Waals surface area contributed by atoms with E-state index in [-0.39, 0.29) is 0 Å². The van der Waals surface area contributed by atoms with Crippen molar-refractivity contribution in [2.75, 3.05) is 0 Å². The molecule has 0 amide bonds. The van der Waals surface area contributed by atoms with Crippen LogP contribution < -0.4 is 4.74 Å². The molecule has 3 aromatic carbocycles. The van der Waals surface area contributed by atoms with Crippen molar-refractivity contribution in [1.29, 1.82) is 0 Å². The number of esters is 1. The van der Waals surface area contributed by atoms with Crippen molar-refractivity contribution < 1.29 is 9.53 Å². The van der Waals surface area contributed by atoms with Gasteiger partial charge in [-0.3, -0.25) is 4.98 Å². The van der Waals surface area contributed by atoms with Gasteiger partial charge in [0.1, 0.15) is 5.75 Å². The summed E-state index contributed by atoms with van der Waals surface area (Å²) < 4.78 is 5.38. The maximum Gasteiger partial charge on any atom is 0.343 e. The summed E-state index contributed by atoms with van der Waals surface area (Å²) in [6, 6.07) is 21.5. The van der Waals surface area contributed by atoms with Crippen LogP contribution in [0.5, 0.6) is 5.75 Å². The van der Waals surface area contributed by atoms with E-state index in [9.17, 15) is 4.79 Å². The predicted octanol–water partition coefficient (Wildman–Crippen LogP) is 5.17. The van der Waals surface area contributed by atoms with Crippen LogP contribution in [0.3, 0.4) is 0 Å². The van der Waals surface area contributed by atoms with Crippen LogP contribution in [0.1, 0.15) is 10.4 Å². The molecule has 1 aromatic heterocycles. The Kier molecular flexibility index (Phi) is 4.33. The van der Waals surface area contributed by atoms with Crippen LogP contribution in [-0.4, -0.2) is 15.9 Å². The Morgan fingerprint density at radius 1 is 0.885 bits per heavy atom. The van der Waals surface area contributed by atoms with Crippen LogP contribution in [0.4, 0.5) is 0 Å². The Hall–Kier alpha value is -3.24. The lowest BCUT2D eigenvalue weighted by Gasteiger charge is -2.06. The van der Waals surface area contributed by atoms with Gasteiger partial charge in [-0.25, -0.2) is 9.78 Å². The van der Waals surface area contributed by atoms with Crippen LogP contribution in [-0.2, 0) is 0 Å². The van der Waals surface area contributed by atoms with Crippen LogP contribution >= 0.6 is 11.6 Å². The number of nitrogens with zero attached hydrogens (tertiary/aromatic N) is 2. The van der Waals surface area contributed by atoms with E-state index in [0.717, 1.165) is 22.3 Å². The molecule has 0 spiro atoms. The zero-order valence-corrected chi connectivity index (χ0v) is 14.4. The molecule has 26 heavy (non-hydrogen) atoms. The molecule has 0 fully saturated rings. The fourth-order valence-electron chi connectivity index (χ4n) is 2.57. The highest BCUT2D eigenvalue weighted by Crippen LogP contribution is 2.23. The molecule has 0 aliphatic heterocycles. The Morgan fingerprint density at radius 2 is 1.65 bits per heavy atom. The largest absolute Gasteiger partial charge is 0.423 e. The first kappa shape index (κ1) is 16.2. The number of hydrogen-bond donors (Lipinski definition) is 0. The van der Waals surface area contributed by atoms with Gasteiger partial charge in [-0.05, 0) is 54.6 Å². The smallest absolute Gasteiger partial charge is 0.343 e. The molecule has 0 unspecified atom stereocenters. The molecule has 0 saturated carbocycles. The highest BCUT2D eigenvalue weighted by molar-refractivity contribution is 6.30. The molecule has 4 rings (SSSR count). The van der Waals surface area contributed by atoms with Crippen molar-refractivity contribution in [1.82, 2.24) is 9.97 Å². The molecular formula is C21H13ClN2O2. The lowest BCUT2D eigenvalue weighted by Crippen LogP contribution is -2.08. The van der Waals surface area contributed by atoms with Crippen molar-refractivity contribution in [3.05, 3.63) is 89.6 Å². The van der Waals surface area contributed by atoms with Crippen molar-refractivity contribution in [2.24, 2.45) is 0 Å². The van der Waals surface area contributed by atoms with Gasteiger partial charge >= 0.3 is 5.97 Å². The summed E-state index contributed by atoms with van der Waals surface area (Å²) >= 11 is 5.90. The maximum atomic E-state index is 12.2. The third-order valence-corrected chi connectivity index (χ3v) is 4.10. The van der Waals surface area contributed by atoms with Gasteiger partial charge in [0.25, 0.3) is 0 Å². The van der Waals surface area contributed by atoms with E-state index in [4.69, 9.17) is 16.3 Å². The van der Waals surface area contributed by atoms with Gasteiger partial charge in [-0.15, -0.1) is 0 Å². The Bertz CT molecular complexity index is 1090. The zero-order chi connectivity index (χ0) is 17.9. The molecule has 0 aliphatic rings. The average Bonchev–Trinajstić information content (AvgIpc) is 2.68. The minimum absolute atomic E-state index is 0.405. The van der Waals surface area contributed by atoms with Gasteiger partial charge < -0.3 is 4.74 Å². The van der Waals surface area contributed by atoms with E-state index in [0.29, 0.717) is 16.3 Å². The minimum atomic E-state index is -0.453. The summed E-state index contributed by atoms with van der Waals surface area (Å²) in [5.74, 6) is -0.00165. The maximum absolute atomic E-state index is 12.2. The van der Waals surface area contributed by atoms with Gasteiger partial charge in [0.15, 0.2) is 0 Å². The second kappa shape index (κ2) is 6.94. The van der Waals surface area contributed by atoms with Crippen molar-refractivity contribution in [2.45, 2.75) is 0 Å². The lowest BCUT2D eigenvalue weighted by molar-refractivity contribution is 0.0735. The Balaban J connectivity index is 1.55. The quantitative estimate of drug-likeness (QED) is 0.373. The van der Waals surface area contributed by atoms with Gasteiger partial charge in [0.05, 0.1) is 28.5 Å². The minimum Gasteiger partial charge on any atom is -0.423 e. The average molecular weight is 361 g/mol. The number of ether oxygens (including phenoxy) is 1. The summed E-state index contributed by atoms with van der Waals surface area (Å²) in [6.07, 6.45) is 1.73. The number of halogens is 1. The highest BCUT2D eigenvalue weighted by Gasteiger charge is 2.09. The second-order valence-electron chi connectivity index (χ2n) is 5.67. The number of hydrogen-bond acceptors (Lipinski definition) is 4. The molecule has 1 heterocycles. The topological polar surface area (TPSA) is 52.1 Å². The first-order valence-electron chi connectivity index (χ1n) is 7.99. The fourth-order valence-corrected chi connectivity index (χ4v) is 2.76. The highest BCUT2D eigenvalue weighted by atomic mass is 35.5. The van der Waals surface area contributed by atoms with E-state index in [1.807, 2.05) is 36.4 Å². The summed E-state index contributed by atoms with van der Waals surface area (Å²) in [5.41, 5.74) is 3.74. The van der Waals surface area contributed by atoms with E-state index in [1.165, 1.54) is 0 Å². The fraction of sp³-hybridized carbons (Fsp3) is 0. The first-order valence-corrected chi connectivity index (χ1v) is 8.37. The number of para-hydroxylation sites is 2. The van der Waals surface area contributed by atoms with Gasteiger partial charge in [-0.2, -0.15) is 0 Å². The first-order chi connectivity index (χ1) is 12.7. The molecule has 0 saturated heterocycles. The Morgan fingerprint density at radius 3 is 2.42 bits per heavy atom. The molecule has 0 aliphatic carbocycles. The second-order valence-corrected chi connectivity index (χ2v) is 6.10. The molecule has 4 nitrogen and oxygen atoms in total. The van der Waals surface area contributed by atoms with Crippen molar-refractivity contribution >= 4 is 28.6 Å². The van der Waals surface area contributed by atoms with Crippen LogP contribution in [0.25, 0.3) is 22.3 Å². The van der Waals surface area contributed by atoms with Crippen LogP contribution in [0, 0.1) is 0 Å². The third-order valence-electron chi connectivity index (χ3n) is 3.87. The standard InChI is InChI=1S/C21H13ClN2O2/c22-16-5-3-4-15(12-16)21(25)26-17-10-8-14(9-11-17)20-13-23-18-6-1-2-7-19(18)24-20/h1-13H. The summed E-state index contributed by atoms with van der Waals surface area (Å²) in [6.45, 7) is 0. The predicted molar refractivity (Wildman–Crippen MR) is 101 cm³/mol.